The van der Waals surface area contributed by atoms with Gasteiger partial charge in [-0.2, -0.15) is 0 Å². The van der Waals surface area contributed by atoms with Crippen LogP contribution in [0.25, 0.3) is 0 Å². The van der Waals surface area contributed by atoms with E-state index in [1.807, 2.05) is 0 Å². The van der Waals surface area contributed by atoms with Crippen LogP contribution in [0.15, 0.2) is 0 Å². The number of esters is 2. The largest absolute Gasteiger partial charge is 0.465 e. The predicted octanol–water partition coefficient (Wildman–Crippen LogP) is 4.72. The van der Waals surface area contributed by atoms with Crippen molar-refractivity contribution in [3.8, 4) is 0 Å². The Bertz CT molecular complexity index is 688. The van der Waals surface area contributed by atoms with Crippen molar-refractivity contribution >= 4 is 11.9 Å². The van der Waals surface area contributed by atoms with Gasteiger partial charge in [0.1, 0.15) is 6.61 Å². The fourth-order valence-electron chi connectivity index (χ4n) is 3.02. The number of carbonyl (C=O) groups excluding carboxylic acids is 2. The molecule has 1 aliphatic carbocycles. The van der Waals surface area contributed by atoms with Gasteiger partial charge in [0.15, 0.2) is 23.3 Å². The second-order valence-electron chi connectivity index (χ2n) is 6.75. The van der Waals surface area contributed by atoms with Gasteiger partial charge in [0.05, 0.1) is 12.2 Å². The highest BCUT2D eigenvalue weighted by atomic mass is 19.2. The average Bonchev–Trinajstić information content (AvgIpc) is 2.70. The van der Waals surface area contributed by atoms with Crippen LogP contribution in [0.1, 0.15) is 56.9 Å². The maximum atomic E-state index is 13.5. The minimum Gasteiger partial charge on any atom is -0.465 e. The molecule has 0 radical (unpaired) electrons. The van der Waals surface area contributed by atoms with E-state index in [4.69, 9.17) is 4.74 Å². The van der Waals surface area contributed by atoms with E-state index in [9.17, 15) is 31.5 Å². The normalized spacial score (nSPS) is 14.8. The first kappa shape index (κ1) is 22.1. The number of ether oxygens (including phenoxy) is 2. The highest BCUT2D eigenvalue weighted by molar-refractivity contribution is 5.72. The first-order valence-electron chi connectivity index (χ1n) is 9.12. The van der Waals surface area contributed by atoms with Crippen LogP contribution in [-0.2, 0) is 25.7 Å². The highest BCUT2D eigenvalue weighted by Crippen LogP contribution is 2.25. The molecule has 0 aromatic heterocycles. The quantitative estimate of drug-likeness (QED) is 0.270. The molecular weight excluding hydrogens is 387 g/mol. The highest BCUT2D eigenvalue weighted by Gasteiger charge is 2.26. The zero-order valence-corrected chi connectivity index (χ0v) is 15.2. The minimum atomic E-state index is -2.28. The van der Waals surface area contributed by atoms with Crippen molar-refractivity contribution in [2.24, 2.45) is 5.92 Å². The number of halogens is 5. The van der Waals surface area contributed by atoms with E-state index >= 15 is 0 Å². The summed E-state index contributed by atoms with van der Waals surface area (Å²) in [4.78, 5) is 23.2. The molecule has 0 bridgehead atoms. The number of hydrogen-bond acceptors (Lipinski definition) is 4. The van der Waals surface area contributed by atoms with E-state index in [2.05, 4.69) is 4.74 Å². The van der Waals surface area contributed by atoms with Gasteiger partial charge in [-0.1, -0.05) is 19.3 Å². The molecule has 0 heterocycles. The third kappa shape index (κ3) is 5.90. The Morgan fingerprint density at radius 1 is 0.750 bits per heavy atom. The molecule has 0 spiro atoms. The fraction of sp³-hybridized carbons (Fsp3) is 0.579. The van der Waals surface area contributed by atoms with Crippen LogP contribution in [0, 0.1) is 35.0 Å². The van der Waals surface area contributed by atoms with Gasteiger partial charge in [0, 0.05) is 12.8 Å². The molecule has 0 saturated heterocycles. The molecule has 28 heavy (non-hydrogen) atoms. The summed E-state index contributed by atoms with van der Waals surface area (Å²) in [5, 5.41) is 0. The predicted molar refractivity (Wildman–Crippen MR) is 87.4 cm³/mol. The molecule has 4 nitrogen and oxygen atoms in total. The topological polar surface area (TPSA) is 52.6 Å². The molecular formula is C19H21F5O4. The Kier molecular flexibility index (Phi) is 8.19. The average molecular weight is 408 g/mol. The number of benzene rings is 1. The van der Waals surface area contributed by atoms with Crippen molar-refractivity contribution in [1.29, 1.82) is 0 Å². The molecule has 1 fully saturated rings. The summed E-state index contributed by atoms with van der Waals surface area (Å²) >= 11 is 0. The summed E-state index contributed by atoms with van der Waals surface area (Å²) in [6, 6.07) is 0. The monoisotopic (exact) mass is 408 g/mol. The molecule has 156 valence electrons. The van der Waals surface area contributed by atoms with Gasteiger partial charge in [0.2, 0.25) is 5.82 Å². The van der Waals surface area contributed by atoms with Crippen molar-refractivity contribution in [3.63, 3.8) is 0 Å². The van der Waals surface area contributed by atoms with Gasteiger partial charge in [-0.3, -0.25) is 9.59 Å². The summed E-state index contributed by atoms with van der Waals surface area (Å²) in [5.74, 6) is -11.6. The van der Waals surface area contributed by atoms with Crippen molar-refractivity contribution in [2.75, 3.05) is 6.61 Å². The fourth-order valence-corrected chi connectivity index (χ4v) is 3.02. The molecule has 2 rings (SSSR count). The van der Waals surface area contributed by atoms with Crippen molar-refractivity contribution < 1.29 is 41.0 Å². The van der Waals surface area contributed by atoms with Gasteiger partial charge in [-0.25, -0.2) is 22.0 Å². The lowest BCUT2D eigenvalue weighted by atomic mass is 9.90. The zero-order valence-electron chi connectivity index (χ0n) is 15.2. The van der Waals surface area contributed by atoms with E-state index in [0.717, 1.165) is 25.7 Å². The van der Waals surface area contributed by atoms with Crippen molar-refractivity contribution in [3.05, 3.63) is 34.6 Å². The lowest BCUT2D eigenvalue weighted by Crippen LogP contribution is -2.17. The smallest absolute Gasteiger partial charge is 0.306 e. The molecule has 1 aliphatic rings. The Balaban J connectivity index is 1.71. The standard InChI is InChI=1S/C19H21F5O4/c20-15-12(16(21)18(23)19(24)17(15)22)10-28-14(26)8-4-7-13(25)27-9-11-5-2-1-3-6-11/h11H,1-10H2. The van der Waals surface area contributed by atoms with E-state index in [1.54, 1.807) is 0 Å². The first-order valence-corrected chi connectivity index (χ1v) is 9.12. The molecule has 0 amide bonds. The molecule has 0 N–H and O–H groups in total. The molecule has 9 heteroatoms. The van der Waals surface area contributed by atoms with Crippen molar-refractivity contribution in [2.45, 2.75) is 58.0 Å². The second kappa shape index (κ2) is 10.4. The Morgan fingerprint density at radius 3 is 1.82 bits per heavy atom. The van der Waals surface area contributed by atoms with E-state index < -0.39 is 53.2 Å². The lowest BCUT2D eigenvalue weighted by molar-refractivity contribution is -0.147. The van der Waals surface area contributed by atoms with Crippen LogP contribution in [-0.4, -0.2) is 18.5 Å². The third-order valence-electron chi connectivity index (χ3n) is 4.64. The molecule has 1 aromatic rings. The van der Waals surface area contributed by atoms with Gasteiger partial charge >= 0.3 is 11.9 Å². The van der Waals surface area contributed by atoms with Gasteiger partial charge in [-0.15, -0.1) is 0 Å². The van der Waals surface area contributed by atoms with Crippen molar-refractivity contribution in [1.82, 2.24) is 0 Å². The maximum Gasteiger partial charge on any atom is 0.306 e. The van der Waals surface area contributed by atoms with Gasteiger partial charge < -0.3 is 9.47 Å². The summed E-state index contributed by atoms with van der Waals surface area (Å²) < 4.78 is 75.7. The third-order valence-corrected chi connectivity index (χ3v) is 4.64. The van der Waals surface area contributed by atoms with E-state index in [-0.39, 0.29) is 19.3 Å². The molecule has 1 aromatic carbocycles. The van der Waals surface area contributed by atoms with E-state index in [1.165, 1.54) is 6.42 Å². The zero-order chi connectivity index (χ0) is 20.7. The summed E-state index contributed by atoms with van der Waals surface area (Å²) in [6.07, 6.45) is 5.28. The van der Waals surface area contributed by atoms with Gasteiger partial charge in [-0.05, 0) is 25.2 Å². The first-order chi connectivity index (χ1) is 13.3. The van der Waals surface area contributed by atoms with Crippen LogP contribution in [0.4, 0.5) is 22.0 Å². The number of carbonyl (C=O) groups is 2. The number of hydrogen-bond donors (Lipinski definition) is 0. The number of rotatable bonds is 8. The summed E-state index contributed by atoms with van der Waals surface area (Å²) in [6.45, 7) is -0.750. The Hall–Kier alpha value is -2.19. The van der Waals surface area contributed by atoms with Crippen LogP contribution in [0.2, 0.25) is 0 Å². The van der Waals surface area contributed by atoms with Crippen LogP contribution < -0.4 is 0 Å². The van der Waals surface area contributed by atoms with Crippen LogP contribution >= 0.6 is 0 Å². The Morgan fingerprint density at radius 2 is 1.25 bits per heavy atom. The van der Waals surface area contributed by atoms with Crippen LogP contribution in [0.5, 0.6) is 0 Å². The minimum absolute atomic E-state index is 0.0374. The van der Waals surface area contributed by atoms with Gasteiger partial charge in [0.25, 0.3) is 0 Å². The second-order valence-corrected chi connectivity index (χ2v) is 6.75. The summed E-state index contributed by atoms with van der Waals surface area (Å²) in [5.41, 5.74) is -1.23. The van der Waals surface area contributed by atoms with E-state index in [0.29, 0.717) is 12.5 Å². The molecule has 0 aliphatic heterocycles. The summed E-state index contributed by atoms with van der Waals surface area (Å²) in [7, 11) is 0. The lowest BCUT2D eigenvalue weighted by Gasteiger charge is -2.20. The van der Waals surface area contributed by atoms with Crippen LogP contribution in [0.3, 0.4) is 0 Å². The SMILES string of the molecule is O=C(CCCC(=O)OCC1CCCCC1)OCc1c(F)c(F)c(F)c(F)c1F. The molecule has 1 saturated carbocycles. The maximum absolute atomic E-state index is 13.5. The Labute approximate surface area is 159 Å². The molecule has 0 unspecified atom stereocenters. The molecule has 0 atom stereocenters.